The molecule has 3 rings (SSSR count). The molecule has 1 aliphatic heterocycles. The van der Waals surface area contributed by atoms with Crippen LogP contribution in [-0.2, 0) is 11.2 Å². The number of hydrazone groups is 1. The number of hydrogen-bond donors (Lipinski definition) is 0. The van der Waals surface area contributed by atoms with Gasteiger partial charge < -0.3 is 0 Å². The molecule has 1 amide bonds. The Labute approximate surface area is 151 Å². The Bertz CT molecular complexity index is 831. The third-order valence-corrected chi connectivity index (χ3v) is 4.29. The Morgan fingerprint density at radius 1 is 1.20 bits per heavy atom. The fourth-order valence-corrected chi connectivity index (χ4v) is 2.92. The van der Waals surface area contributed by atoms with Crippen molar-refractivity contribution < 1.29 is 9.59 Å². The SMILES string of the molecule is CN1N=C(CC(=O)c2ccc(Cc3cccc(Cl)c3)cn2)CCC1=O. The zero-order valence-corrected chi connectivity index (χ0v) is 14.7. The lowest BCUT2D eigenvalue weighted by Gasteiger charge is -2.18. The maximum atomic E-state index is 12.4. The van der Waals surface area contributed by atoms with Crippen LogP contribution in [0.1, 0.15) is 40.9 Å². The van der Waals surface area contributed by atoms with Crippen molar-refractivity contribution in [3.63, 3.8) is 0 Å². The summed E-state index contributed by atoms with van der Waals surface area (Å²) in [4.78, 5) is 28.0. The molecule has 0 bridgehead atoms. The third-order valence-electron chi connectivity index (χ3n) is 4.05. The lowest BCUT2D eigenvalue weighted by Crippen LogP contribution is -2.29. The summed E-state index contributed by atoms with van der Waals surface area (Å²) in [6, 6.07) is 11.3. The van der Waals surface area contributed by atoms with Crippen LogP contribution < -0.4 is 0 Å². The fraction of sp³-hybridized carbons (Fsp3) is 0.263. The summed E-state index contributed by atoms with van der Waals surface area (Å²) < 4.78 is 0. The molecule has 0 N–H and O–H groups in total. The standard InChI is InChI=1S/C19H18ClN3O2/c1-23-19(25)8-6-16(22-23)11-18(24)17-7-5-14(12-21-17)9-13-3-2-4-15(20)10-13/h2-5,7,10,12H,6,8-9,11H2,1H3. The Balaban J connectivity index is 1.64. The second kappa shape index (κ2) is 7.57. The van der Waals surface area contributed by atoms with Crippen LogP contribution >= 0.6 is 11.6 Å². The van der Waals surface area contributed by atoms with Gasteiger partial charge in [-0.25, -0.2) is 5.01 Å². The first-order valence-corrected chi connectivity index (χ1v) is 8.44. The van der Waals surface area contributed by atoms with Crippen molar-refractivity contribution in [2.75, 3.05) is 7.05 Å². The van der Waals surface area contributed by atoms with E-state index in [0.717, 1.165) is 16.8 Å². The molecule has 0 atom stereocenters. The molecule has 0 unspecified atom stereocenters. The van der Waals surface area contributed by atoms with Crippen LogP contribution in [0.15, 0.2) is 47.7 Å². The predicted molar refractivity (Wildman–Crippen MR) is 96.9 cm³/mol. The number of ketones is 1. The van der Waals surface area contributed by atoms with E-state index in [2.05, 4.69) is 10.1 Å². The van der Waals surface area contributed by atoms with E-state index in [1.54, 1.807) is 19.3 Å². The number of pyridine rings is 1. The number of rotatable bonds is 5. The zero-order chi connectivity index (χ0) is 17.8. The summed E-state index contributed by atoms with van der Waals surface area (Å²) in [5.41, 5.74) is 3.24. The molecule has 6 heteroatoms. The van der Waals surface area contributed by atoms with E-state index in [4.69, 9.17) is 11.6 Å². The lowest BCUT2D eigenvalue weighted by molar-refractivity contribution is -0.130. The minimum absolute atomic E-state index is 0.0281. The highest BCUT2D eigenvalue weighted by Crippen LogP contribution is 2.16. The summed E-state index contributed by atoms with van der Waals surface area (Å²) in [5.74, 6) is -0.115. The molecule has 0 saturated carbocycles. The second-order valence-corrected chi connectivity index (χ2v) is 6.48. The smallest absolute Gasteiger partial charge is 0.242 e. The first-order chi connectivity index (χ1) is 12.0. The first-order valence-electron chi connectivity index (χ1n) is 8.07. The molecular weight excluding hydrogens is 338 g/mol. The number of amides is 1. The van der Waals surface area contributed by atoms with E-state index >= 15 is 0 Å². The van der Waals surface area contributed by atoms with Crippen LogP contribution in [0, 0.1) is 0 Å². The number of hydrogen-bond acceptors (Lipinski definition) is 4. The van der Waals surface area contributed by atoms with Gasteiger partial charge in [0.15, 0.2) is 5.78 Å². The van der Waals surface area contributed by atoms with E-state index in [1.165, 1.54) is 5.01 Å². The van der Waals surface area contributed by atoms with Crippen molar-refractivity contribution in [2.45, 2.75) is 25.7 Å². The van der Waals surface area contributed by atoms with E-state index < -0.39 is 0 Å². The maximum absolute atomic E-state index is 12.4. The number of Topliss-reactive ketones (excluding diaryl/α,β-unsaturated/α-hetero) is 1. The summed E-state index contributed by atoms with van der Waals surface area (Å²) in [5, 5.41) is 6.15. The minimum atomic E-state index is -0.0872. The number of carbonyl (C=O) groups excluding carboxylic acids is 2. The van der Waals surface area contributed by atoms with Gasteiger partial charge in [0.1, 0.15) is 5.69 Å². The zero-order valence-electron chi connectivity index (χ0n) is 13.9. The van der Waals surface area contributed by atoms with Crippen LogP contribution in [0.5, 0.6) is 0 Å². The molecule has 1 aliphatic rings. The third kappa shape index (κ3) is 4.51. The molecule has 25 heavy (non-hydrogen) atoms. The van der Waals surface area contributed by atoms with Gasteiger partial charge in [-0.1, -0.05) is 29.8 Å². The van der Waals surface area contributed by atoms with Gasteiger partial charge in [0.25, 0.3) is 0 Å². The molecular formula is C19H18ClN3O2. The van der Waals surface area contributed by atoms with Crippen LogP contribution in [-0.4, -0.2) is 34.4 Å². The average Bonchev–Trinajstić information content (AvgIpc) is 2.59. The minimum Gasteiger partial charge on any atom is -0.292 e. The summed E-state index contributed by atoms with van der Waals surface area (Å²) in [6.45, 7) is 0. The second-order valence-electron chi connectivity index (χ2n) is 6.04. The molecule has 2 aromatic rings. The van der Waals surface area contributed by atoms with Crippen LogP contribution in [0.2, 0.25) is 5.02 Å². The molecule has 5 nitrogen and oxygen atoms in total. The summed E-state index contributed by atoms with van der Waals surface area (Å²) >= 11 is 5.99. The number of benzene rings is 1. The van der Waals surface area contributed by atoms with Crippen LogP contribution in [0.25, 0.3) is 0 Å². The van der Waals surface area contributed by atoms with Gasteiger partial charge in [-0.05, 0) is 42.2 Å². The van der Waals surface area contributed by atoms with E-state index in [9.17, 15) is 9.59 Å². The molecule has 0 fully saturated rings. The van der Waals surface area contributed by atoms with Crippen molar-refractivity contribution in [3.05, 3.63) is 64.4 Å². The summed E-state index contributed by atoms with van der Waals surface area (Å²) in [7, 11) is 1.61. The monoisotopic (exact) mass is 355 g/mol. The number of carbonyl (C=O) groups is 2. The van der Waals surface area contributed by atoms with Gasteiger partial charge >= 0.3 is 0 Å². The van der Waals surface area contributed by atoms with Crippen LogP contribution in [0.3, 0.4) is 0 Å². The molecule has 128 valence electrons. The summed E-state index contributed by atoms with van der Waals surface area (Å²) in [6.07, 6.45) is 3.54. The number of nitrogens with zero attached hydrogens (tertiary/aromatic N) is 3. The Morgan fingerprint density at radius 3 is 2.72 bits per heavy atom. The molecule has 2 heterocycles. The van der Waals surface area contributed by atoms with Crippen molar-refractivity contribution >= 4 is 29.0 Å². The molecule has 1 aromatic heterocycles. The quantitative estimate of drug-likeness (QED) is 0.771. The Morgan fingerprint density at radius 2 is 2.04 bits per heavy atom. The van der Waals surface area contributed by atoms with E-state index in [0.29, 0.717) is 30.0 Å². The average molecular weight is 356 g/mol. The fourth-order valence-electron chi connectivity index (χ4n) is 2.71. The molecule has 1 aromatic carbocycles. The van der Waals surface area contributed by atoms with Gasteiger partial charge in [-0.3, -0.25) is 14.6 Å². The van der Waals surface area contributed by atoms with Gasteiger partial charge in [-0.2, -0.15) is 5.10 Å². The highest BCUT2D eigenvalue weighted by atomic mass is 35.5. The van der Waals surface area contributed by atoms with Gasteiger partial charge in [0.05, 0.1) is 6.42 Å². The van der Waals surface area contributed by atoms with Crippen molar-refractivity contribution in [1.29, 1.82) is 0 Å². The molecule has 0 spiro atoms. The molecule has 0 aliphatic carbocycles. The van der Waals surface area contributed by atoms with Crippen molar-refractivity contribution in [1.82, 2.24) is 9.99 Å². The van der Waals surface area contributed by atoms with Gasteiger partial charge in [-0.15, -0.1) is 0 Å². The first kappa shape index (κ1) is 17.3. The van der Waals surface area contributed by atoms with Crippen LogP contribution in [0.4, 0.5) is 0 Å². The molecule has 0 radical (unpaired) electrons. The van der Waals surface area contributed by atoms with E-state index in [-0.39, 0.29) is 18.1 Å². The predicted octanol–water partition coefficient (Wildman–Crippen LogP) is 3.51. The Kier molecular flexibility index (Phi) is 5.24. The lowest BCUT2D eigenvalue weighted by atomic mass is 10.0. The maximum Gasteiger partial charge on any atom is 0.242 e. The topological polar surface area (TPSA) is 62.6 Å². The largest absolute Gasteiger partial charge is 0.292 e. The highest BCUT2D eigenvalue weighted by molar-refractivity contribution is 6.30. The Hall–Kier alpha value is -2.53. The number of aromatic nitrogens is 1. The normalized spacial score (nSPS) is 14.4. The van der Waals surface area contributed by atoms with E-state index in [1.807, 2.05) is 30.3 Å². The highest BCUT2D eigenvalue weighted by Gasteiger charge is 2.19. The van der Waals surface area contributed by atoms with Crippen molar-refractivity contribution in [2.24, 2.45) is 5.10 Å². The van der Waals surface area contributed by atoms with Crippen molar-refractivity contribution in [3.8, 4) is 0 Å². The number of halogens is 1. The van der Waals surface area contributed by atoms with Gasteiger partial charge in [0.2, 0.25) is 5.91 Å². The molecule has 0 saturated heterocycles. The van der Waals surface area contributed by atoms with Gasteiger partial charge in [0, 0.05) is 30.4 Å².